The molecule has 1 aromatic carbocycles. The molecule has 1 spiro atoms. The van der Waals surface area contributed by atoms with Gasteiger partial charge in [-0.25, -0.2) is 0 Å². The van der Waals surface area contributed by atoms with Crippen LogP contribution in [0.1, 0.15) is 26.3 Å². The molecule has 0 unspecified atom stereocenters. The van der Waals surface area contributed by atoms with Crippen LogP contribution in [0.2, 0.25) is 0 Å². The number of piperazine rings is 1. The molecule has 25 heavy (non-hydrogen) atoms. The lowest BCUT2D eigenvalue weighted by Gasteiger charge is -2.64. The lowest BCUT2D eigenvalue weighted by Crippen LogP contribution is -2.80. The Morgan fingerprint density at radius 2 is 1.80 bits per heavy atom. The molecule has 3 saturated heterocycles. The molecule has 3 fully saturated rings. The van der Waals surface area contributed by atoms with Crippen LogP contribution in [0, 0.1) is 5.41 Å². The summed E-state index contributed by atoms with van der Waals surface area (Å²) in [6.07, 6.45) is 0. The summed E-state index contributed by atoms with van der Waals surface area (Å²) in [5, 5.41) is 0. The number of fused-ring (bicyclic) bond motifs is 2. The van der Waals surface area contributed by atoms with Crippen molar-refractivity contribution in [3.05, 3.63) is 35.9 Å². The standard InChI is InChI=1S/C21H33N3O/c1-20(2,3)14-23-16-21(17-23)15-22(11-18-7-5-4-6-8-18)12-19-13-25-10-9-24(19)21/h4-8,19H,9-17H2,1-3H3/t19-/m1/s1. The Balaban J connectivity index is 1.47. The van der Waals surface area contributed by atoms with Crippen molar-refractivity contribution in [2.45, 2.75) is 38.9 Å². The van der Waals surface area contributed by atoms with Gasteiger partial charge in [0.1, 0.15) is 0 Å². The summed E-state index contributed by atoms with van der Waals surface area (Å²) in [7, 11) is 0. The third-order valence-corrected chi connectivity index (χ3v) is 5.81. The summed E-state index contributed by atoms with van der Waals surface area (Å²) < 4.78 is 5.82. The Hall–Kier alpha value is -0.940. The summed E-state index contributed by atoms with van der Waals surface area (Å²) >= 11 is 0. The van der Waals surface area contributed by atoms with E-state index in [1.54, 1.807) is 0 Å². The van der Waals surface area contributed by atoms with E-state index in [4.69, 9.17) is 4.74 Å². The molecule has 0 amide bonds. The first-order chi connectivity index (χ1) is 11.9. The summed E-state index contributed by atoms with van der Waals surface area (Å²) in [5.41, 5.74) is 2.14. The van der Waals surface area contributed by atoms with Crippen LogP contribution in [-0.4, -0.2) is 78.8 Å². The topological polar surface area (TPSA) is 19.0 Å². The highest BCUT2D eigenvalue weighted by Crippen LogP contribution is 2.37. The van der Waals surface area contributed by atoms with Crippen molar-refractivity contribution < 1.29 is 4.74 Å². The molecule has 0 bridgehead atoms. The molecule has 0 radical (unpaired) electrons. The van der Waals surface area contributed by atoms with E-state index in [-0.39, 0.29) is 0 Å². The minimum Gasteiger partial charge on any atom is -0.378 e. The second-order valence-electron chi connectivity index (χ2n) is 9.51. The molecule has 3 heterocycles. The average Bonchev–Trinajstić information content (AvgIpc) is 2.53. The Bertz CT molecular complexity index is 577. The summed E-state index contributed by atoms with van der Waals surface area (Å²) in [5.74, 6) is 0. The Morgan fingerprint density at radius 1 is 1.08 bits per heavy atom. The van der Waals surface area contributed by atoms with Gasteiger partial charge < -0.3 is 4.74 Å². The Labute approximate surface area is 152 Å². The molecular weight excluding hydrogens is 310 g/mol. The van der Waals surface area contributed by atoms with Gasteiger partial charge in [-0.15, -0.1) is 0 Å². The lowest BCUT2D eigenvalue weighted by atomic mass is 9.80. The zero-order chi connectivity index (χ0) is 17.5. The quantitative estimate of drug-likeness (QED) is 0.838. The van der Waals surface area contributed by atoms with Gasteiger partial charge in [-0.2, -0.15) is 0 Å². The van der Waals surface area contributed by atoms with Gasteiger partial charge in [0, 0.05) is 51.9 Å². The number of ether oxygens (including phenoxy) is 1. The zero-order valence-corrected chi connectivity index (χ0v) is 16.1. The van der Waals surface area contributed by atoms with Crippen molar-refractivity contribution in [2.75, 3.05) is 52.5 Å². The van der Waals surface area contributed by atoms with Crippen molar-refractivity contribution in [3.8, 4) is 0 Å². The third kappa shape index (κ3) is 3.77. The number of rotatable bonds is 3. The van der Waals surface area contributed by atoms with E-state index < -0.39 is 0 Å². The molecule has 0 aromatic heterocycles. The van der Waals surface area contributed by atoms with Gasteiger partial charge in [-0.1, -0.05) is 51.1 Å². The van der Waals surface area contributed by atoms with E-state index in [1.807, 2.05) is 0 Å². The number of benzene rings is 1. The van der Waals surface area contributed by atoms with Gasteiger partial charge in [0.25, 0.3) is 0 Å². The van der Waals surface area contributed by atoms with Gasteiger partial charge in [0.05, 0.1) is 18.8 Å². The van der Waals surface area contributed by atoms with Gasteiger partial charge in [-0.3, -0.25) is 14.7 Å². The SMILES string of the molecule is CC(C)(C)CN1CC2(CN(Cc3ccccc3)C[C@@H]3COCCN32)C1. The van der Waals surface area contributed by atoms with Crippen molar-refractivity contribution in [1.82, 2.24) is 14.7 Å². The number of likely N-dealkylation sites (tertiary alicyclic amines) is 1. The van der Waals surface area contributed by atoms with Crippen LogP contribution < -0.4 is 0 Å². The second-order valence-corrected chi connectivity index (χ2v) is 9.51. The van der Waals surface area contributed by atoms with Crippen LogP contribution in [0.3, 0.4) is 0 Å². The Morgan fingerprint density at radius 3 is 2.52 bits per heavy atom. The van der Waals surface area contributed by atoms with E-state index in [2.05, 4.69) is 65.8 Å². The number of morpholine rings is 1. The van der Waals surface area contributed by atoms with Gasteiger partial charge >= 0.3 is 0 Å². The molecule has 1 atom stereocenters. The van der Waals surface area contributed by atoms with Crippen LogP contribution in [0.5, 0.6) is 0 Å². The van der Waals surface area contributed by atoms with Crippen LogP contribution in [0.25, 0.3) is 0 Å². The molecule has 4 heteroatoms. The minimum atomic E-state index is 0.340. The molecule has 0 aliphatic carbocycles. The fourth-order valence-corrected chi connectivity index (χ4v) is 5.11. The maximum Gasteiger partial charge on any atom is 0.0635 e. The highest BCUT2D eigenvalue weighted by atomic mass is 16.5. The highest BCUT2D eigenvalue weighted by molar-refractivity contribution is 5.17. The first-order valence-corrected chi connectivity index (χ1v) is 9.77. The molecular formula is C21H33N3O. The maximum absolute atomic E-state index is 5.82. The normalized spacial score (nSPS) is 27.9. The van der Waals surface area contributed by atoms with Crippen molar-refractivity contribution in [2.24, 2.45) is 5.41 Å². The average molecular weight is 344 g/mol. The molecule has 4 nitrogen and oxygen atoms in total. The zero-order valence-electron chi connectivity index (χ0n) is 16.1. The van der Waals surface area contributed by atoms with E-state index in [1.165, 1.54) is 31.7 Å². The van der Waals surface area contributed by atoms with Crippen LogP contribution in [-0.2, 0) is 11.3 Å². The minimum absolute atomic E-state index is 0.340. The third-order valence-electron chi connectivity index (χ3n) is 5.81. The molecule has 0 saturated carbocycles. The van der Waals surface area contributed by atoms with Gasteiger partial charge in [0.15, 0.2) is 0 Å². The molecule has 3 aliphatic rings. The fraction of sp³-hybridized carbons (Fsp3) is 0.714. The highest BCUT2D eigenvalue weighted by Gasteiger charge is 2.54. The second kappa shape index (κ2) is 6.66. The number of nitrogens with zero attached hydrogens (tertiary/aromatic N) is 3. The molecule has 4 rings (SSSR count). The van der Waals surface area contributed by atoms with E-state index >= 15 is 0 Å². The predicted octanol–water partition coefficient (Wildman–Crippen LogP) is 2.30. The largest absolute Gasteiger partial charge is 0.378 e. The van der Waals surface area contributed by atoms with Gasteiger partial charge in [-0.05, 0) is 11.0 Å². The smallest absolute Gasteiger partial charge is 0.0635 e. The fourth-order valence-electron chi connectivity index (χ4n) is 5.11. The van der Waals surface area contributed by atoms with Crippen LogP contribution in [0.15, 0.2) is 30.3 Å². The molecule has 0 N–H and O–H groups in total. The predicted molar refractivity (Wildman–Crippen MR) is 102 cm³/mol. The first-order valence-electron chi connectivity index (χ1n) is 9.77. The first kappa shape index (κ1) is 17.5. The Kier molecular flexibility index (Phi) is 4.65. The summed E-state index contributed by atoms with van der Waals surface area (Å²) in [6.45, 7) is 17.0. The number of hydrogen-bond donors (Lipinski definition) is 0. The van der Waals surface area contributed by atoms with Crippen molar-refractivity contribution in [3.63, 3.8) is 0 Å². The van der Waals surface area contributed by atoms with Crippen LogP contribution in [0.4, 0.5) is 0 Å². The lowest BCUT2D eigenvalue weighted by molar-refractivity contribution is -0.170. The van der Waals surface area contributed by atoms with E-state index in [9.17, 15) is 0 Å². The van der Waals surface area contributed by atoms with Crippen molar-refractivity contribution in [1.29, 1.82) is 0 Å². The summed E-state index contributed by atoms with van der Waals surface area (Å²) in [6, 6.07) is 11.5. The molecule has 138 valence electrons. The molecule has 1 aromatic rings. The van der Waals surface area contributed by atoms with E-state index in [0.717, 1.165) is 32.8 Å². The number of hydrogen-bond acceptors (Lipinski definition) is 4. The molecule has 3 aliphatic heterocycles. The monoisotopic (exact) mass is 343 g/mol. The maximum atomic E-state index is 5.82. The summed E-state index contributed by atoms with van der Waals surface area (Å²) in [4.78, 5) is 8.11. The van der Waals surface area contributed by atoms with Crippen molar-refractivity contribution >= 4 is 0 Å². The van der Waals surface area contributed by atoms with E-state index in [0.29, 0.717) is 17.0 Å². The van der Waals surface area contributed by atoms with Crippen LogP contribution >= 0.6 is 0 Å². The van der Waals surface area contributed by atoms with Gasteiger partial charge in [0.2, 0.25) is 0 Å².